The number of amides is 1. The summed E-state index contributed by atoms with van der Waals surface area (Å²) in [6, 6.07) is 0. The summed E-state index contributed by atoms with van der Waals surface area (Å²) in [4.78, 5) is 22.4. The molecule has 1 aliphatic heterocycles. The molecule has 0 aromatic heterocycles. The van der Waals surface area contributed by atoms with Gasteiger partial charge in [0, 0.05) is 26.0 Å². The molecule has 0 radical (unpaired) electrons. The lowest BCUT2D eigenvalue weighted by Gasteiger charge is -2.23. The quantitative estimate of drug-likeness (QED) is 0.621. The molecule has 1 saturated heterocycles. The standard InChI is InChI=1S/C11H19NO5/c1-10(2,9(14)15)5-8(13)12-6-11(16)3-4-17-7-11/h16H,3-7H2,1-2H3,(H,12,13)(H,14,15). The summed E-state index contributed by atoms with van der Waals surface area (Å²) in [7, 11) is 0. The van der Waals surface area contributed by atoms with Gasteiger partial charge in [-0.1, -0.05) is 0 Å². The van der Waals surface area contributed by atoms with Gasteiger partial charge in [0.2, 0.25) is 5.91 Å². The van der Waals surface area contributed by atoms with Crippen molar-refractivity contribution in [3.8, 4) is 0 Å². The lowest BCUT2D eigenvalue weighted by atomic mass is 9.89. The van der Waals surface area contributed by atoms with Gasteiger partial charge in [-0.3, -0.25) is 9.59 Å². The van der Waals surface area contributed by atoms with E-state index in [9.17, 15) is 14.7 Å². The molecule has 0 aromatic carbocycles. The maximum Gasteiger partial charge on any atom is 0.309 e. The first kappa shape index (κ1) is 13.9. The predicted molar refractivity (Wildman–Crippen MR) is 59.4 cm³/mol. The van der Waals surface area contributed by atoms with Crippen molar-refractivity contribution in [3.05, 3.63) is 0 Å². The van der Waals surface area contributed by atoms with E-state index in [0.717, 1.165) is 0 Å². The minimum absolute atomic E-state index is 0.0987. The highest BCUT2D eigenvalue weighted by atomic mass is 16.5. The van der Waals surface area contributed by atoms with Crippen LogP contribution < -0.4 is 5.32 Å². The molecule has 0 bridgehead atoms. The lowest BCUT2D eigenvalue weighted by molar-refractivity contribution is -0.149. The first-order valence-corrected chi connectivity index (χ1v) is 5.55. The molecule has 1 amide bonds. The first-order chi connectivity index (χ1) is 7.75. The Morgan fingerprint density at radius 1 is 1.47 bits per heavy atom. The van der Waals surface area contributed by atoms with Gasteiger partial charge >= 0.3 is 5.97 Å². The van der Waals surface area contributed by atoms with Gasteiger partial charge in [-0.25, -0.2) is 0 Å². The van der Waals surface area contributed by atoms with Crippen LogP contribution in [0, 0.1) is 5.41 Å². The van der Waals surface area contributed by atoms with Crippen molar-refractivity contribution < 1.29 is 24.5 Å². The number of aliphatic hydroxyl groups is 1. The SMILES string of the molecule is CC(C)(CC(=O)NCC1(O)CCOC1)C(=O)O. The Kier molecular flexibility index (Phi) is 4.11. The number of hydrogen-bond donors (Lipinski definition) is 3. The number of hydrogen-bond acceptors (Lipinski definition) is 4. The van der Waals surface area contributed by atoms with Crippen LogP contribution in [0.1, 0.15) is 26.7 Å². The Bertz CT molecular complexity index is 307. The average Bonchev–Trinajstić information content (AvgIpc) is 2.62. The highest BCUT2D eigenvalue weighted by molar-refractivity contribution is 5.84. The number of rotatable bonds is 5. The fourth-order valence-corrected chi connectivity index (χ4v) is 1.54. The molecule has 1 unspecified atom stereocenters. The molecule has 17 heavy (non-hydrogen) atoms. The zero-order valence-electron chi connectivity index (χ0n) is 10.2. The van der Waals surface area contributed by atoms with Crippen LogP contribution in [0.2, 0.25) is 0 Å². The fraction of sp³-hybridized carbons (Fsp3) is 0.818. The molecule has 1 rings (SSSR count). The van der Waals surface area contributed by atoms with Crippen LogP contribution in [0.5, 0.6) is 0 Å². The summed E-state index contributed by atoms with van der Waals surface area (Å²) in [6.45, 7) is 3.76. The monoisotopic (exact) mass is 245 g/mol. The molecular formula is C11H19NO5. The van der Waals surface area contributed by atoms with Gasteiger partial charge in [-0.05, 0) is 13.8 Å². The topological polar surface area (TPSA) is 95.9 Å². The second kappa shape index (κ2) is 5.01. The highest BCUT2D eigenvalue weighted by Crippen LogP contribution is 2.21. The zero-order chi connectivity index (χ0) is 13.1. The van der Waals surface area contributed by atoms with Crippen LogP contribution in [0.3, 0.4) is 0 Å². The minimum atomic E-state index is -1.10. The zero-order valence-corrected chi connectivity index (χ0v) is 10.2. The van der Waals surface area contributed by atoms with E-state index < -0.39 is 17.0 Å². The molecule has 3 N–H and O–H groups in total. The number of nitrogens with one attached hydrogen (secondary N) is 1. The van der Waals surface area contributed by atoms with Gasteiger partial charge in [-0.15, -0.1) is 0 Å². The molecule has 1 heterocycles. The van der Waals surface area contributed by atoms with Crippen LogP contribution in [-0.4, -0.2) is 47.4 Å². The van der Waals surface area contributed by atoms with E-state index in [1.54, 1.807) is 0 Å². The van der Waals surface area contributed by atoms with Crippen molar-refractivity contribution >= 4 is 11.9 Å². The van der Waals surface area contributed by atoms with E-state index in [4.69, 9.17) is 9.84 Å². The predicted octanol–water partition coefficient (Wildman–Crippen LogP) is -0.245. The molecule has 0 saturated carbocycles. The van der Waals surface area contributed by atoms with E-state index in [2.05, 4.69) is 5.32 Å². The summed E-state index contributed by atoms with van der Waals surface area (Å²) in [5.74, 6) is -1.40. The van der Waals surface area contributed by atoms with E-state index in [0.29, 0.717) is 13.0 Å². The Morgan fingerprint density at radius 3 is 2.59 bits per heavy atom. The third kappa shape index (κ3) is 3.98. The largest absolute Gasteiger partial charge is 0.481 e. The van der Waals surface area contributed by atoms with Crippen molar-refractivity contribution in [2.45, 2.75) is 32.3 Å². The number of ether oxygens (including phenoxy) is 1. The van der Waals surface area contributed by atoms with Gasteiger partial charge in [0.05, 0.1) is 12.0 Å². The van der Waals surface area contributed by atoms with Crippen molar-refractivity contribution in [3.63, 3.8) is 0 Å². The molecule has 0 spiro atoms. The van der Waals surface area contributed by atoms with Gasteiger partial charge in [0.15, 0.2) is 0 Å². The van der Waals surface area contributed by atoms with Gasteiger partial charge in [0.25, 0.3) is 0 Å². The van der Waals surface area contributed by atoms with E-state index in [1.165, 1.54) is 13.8 Å². The van der Waals surface area contributed by atoms with Crippen LogP contribution >= 0.6 is 0 Å². The minimum Gasteiger partial charge on any atom is -0.481 e. The Balaban J connectivity index is 2.37. The average molecular weight is 245 g/mol. The smallest absolute Gasteiger partial charge is 0.309 e. The number of carboxylic acid groups (broad SMARTS) is 1. The summed E-state index contributed by atoms with van der Waals surface area (Å²) in [5, 5.41) is 21.3. The van der Waals surface area contributed by atoms with Gasteiger partial charge in [0.1, 0.15) is 5.60 Å². The van der Waals surface area contributed by atoms with Crippen molar-refractivity contribution in [1.82, 2.24) is 5.32 Å². The highest BCUT2D eigenvalue weighted by Gasteiger charge is 2.34. The summed E-state index contributed by atoms with van der Waals surface area (Å²) < 4.78 is 5.04. The first-order valence-electron chi connectivity index (χ1n) is 5.55. The van der Waals surface area contributed by atoms with Gasteiger partial charge in [-0.2, -0.15) is 0 Å². The molecule has 1 atom stereocenters. The van der Waals surface area contributed by atoms with Crippen LogP contribution in [0.15, 0.2) is 0 Å². The van der Waals surface area contributed by atoms with Crippen LogP contribution in [0.4, 0.5) is 0 Å². The Labute approximate surface area is 100.0 Å². The molecule has 6 heteroatoms. The summed E-state index contributed by atoms with van der Waals surface area (Å²) >= 11 is 0. The van der Waals surface area contributed by atoms with E-state index in [1.807, 2.05) is 0 Å². The molecule has 0 aromatic rings. The third-order valence-corrected chi connectivity index (χ3v) is 2.88. The summed E-state index contributed by atoms with van der Waals surface area (Å²) in [6.07, 6.45) is 0.370. The molecule has 1 aliphatic rings. The van der Waals surface area contributed by atoms with Crippen molar-refractivity contribution in [2.75, 3.05) is 19.8 Å². The molecule has 0 aliphatic carbocycles. The molecule has 6 nitrogen and oxygen atoms in total. The van der Waals surface area contributed by atoms with Crippen LogP contribution in [0.25, 0.3) is 0 Å². The Hall–Kier alpha value is -1.14. The van der Waals surface area contributed by atoms with Crippen molar-refractivity contribution in [1.29, 1.82) is 0 Å². The number of aliphatic carboxylic acids is 1. The Morgan fingerprint density at radius 2 is 2.12 bits per heavy atom. The normalized spacial score (nSPS) is 24.6. The van der Waals surface area contributed by atoms with Gasteiger partial charge < -0.3 is 20.3 Å². The number of carboxylic acids is 1. The second-order valence-electron chi connectivity index (χ2n) is 5.17. The van der Waals surface area contributed by atoms with E-state index in [-0.39, 0.29) is 25.5 Å². The number of carbonyl (C=O) groups is 2. The fourth-order valence-electron chi connectivity index (χ4n) is 1.54. The third-order valence-electron chi connectivity index (χ3n) is 2.88. The molecule has 1 fully saturated rings. The maximum absolute atomic E-state index is 11.5. The number of carbonyl (C=O) groups excluding carboxylic acids is 1. The van der Waals surface area contributed by atoms with E-state index >= 15 is 0 Å². The molecule has 98 valence electrons. The second-order valence-corrected chi connectivity index (χ2v) is 5.17. The lowest BCUT2D eigenvalue weighted by Crippen LogP contribution is -2.44. The molecular weight excluding hydrogens is 226 g/mol. The summed E-state index contributed by atoms with van der Waals surface area (Å²) in [5.41, 5.74) is -2.11. The maximum atomic E-state index is 11.5. The van der Waals surface area contributed by atoms with Crippen LogP contribution in [-0.2, 0) is 14.3 Å². The van der Waals surface area contributed by atoms with Crippen molar-refractivity contribution in [2.24, 2.45) is 5.41 Å².